The monoisotopic (exact) mass is 359 g/mol. The first kappa shape index (κ1) is 15.9. The molecule has 6 heteroatoms. The molecule has 2 N–H and O–H groups in total. The number of hydrogen-bond donors (Lipinski definition) is 2. The van der Waals surface area contributed by atoms with Gasteiger partial charge >= 0.3 is 11.8 Å². The first-order valence-electron chi connectivity index (χ1n) is 6.51. The van der Waals surface area contributed by atoms with E-state index in [1.807, 2.05) is 31.2 Å². The summed E-state index contributed by atoms with van der Waals surface area (Å²) in [6, 6.07) is 14.5. The molecule has 5 nitrogen and oxygen atoms in total. The molecule has 0 aliphatic carbocycles. The number of aryl methyl sites for hydroxylation is 1. The molecule has 0 radical (unpaired) electrons. The number of halogens is 1. The van der Waals surface area contributed by atoms with Crippen LogP contribution in [-0.4, -0.2) is 18.0 Å². The van der Waals surface area contributed by atoms with E-state index in [4.69, 9.17) is 0 Å². The summed E-state index contributed by atoms with van der Waals surface area (Å²) in [5.74, 6) is -1.60. The third kappa shape index (κ3) is 4.82. The zero-order chi connectivity index (χ0) is 15.9. The third-order valence-electron chi connectivity index (χ3n) is 2.77. The van der Waals surface area contributed by atoms with Crippen molar-refractivity contribution >= 4 is 39.6 Å². The molecule has 2 rings (SSSR count). The molecule has 2 aromatic rings. The molecule has 0 saturated carbocycles. The highest BCUT2D eigenvalue weighted by atomic mass is 79.9. The molecule has 2 amide bonds. The summed E-state index contributed by atoms with van der Waals surface area (Å²) < 4.78 is 0.887. The molecule has 0 spiro atoms. The van der Waals surface area contributed by atoms with Gasteiger partial charge in [-0.05, 0) is 36.8 Å². The van der Waals surface area contributed by atoms with Crippen LogP contribution in [0.3, 0.4) is 0 Å². The molecule has 112 valence electrons. The van der Waals surface area contributed by atoms with E-state index in [0.29, 0.717) is 5.69 Å². The number of hydrogen-bond acceptors (Lipinski definition) is 3. The molecular weight excluding hydrogens is 346 g/mol. The van der Waals surface area contributed by atoms with Gasteiger partial charge in [-0.25, -0.2) is 5.43 Å². The number of anilines is 1. The van der Waals surface area contributed by atoms with E-state index >= 15 is 0 Å². The second-order valence-electron chi connectivity index (χ2n) is 4.57. The van der Waals surface area contributed by atoms with Crippen LogP contribution in [0.4, 0.5) is 5.69 Å². The molecule has 0 atom stereocenters. The number of nitrogens with one attached hydrogen (secondary N) is 2. The van der Waals surface area contributed by atoms with Crippen molar-refractivity contribution in [3.63, 3.8) is 0 Å². The Kier molecular flexibility index (Phi) is 5.43. The van der Waals surface area contributed by atoms with Crippen LogP contribution in [0.5, 0.6) is 0 Å². The van der Waals surface area contributed by atoms with Crippen LogP contribution in [-0.2, 0) is 9.59 Å². The second-order valence-corrected chi connectivity index (χ2v) is 5.49. The summed E-state index contributed by atoms with van der Waals surface area (Å²) in [4.78, 5) is 23.3. The first-order chi connectivity index (χ1) is 10.5. The minimum absolute atomic E-state index is 0.533. The molecule has 22 heavy (non-hydrogen) atoms. The normalized spacial score (nSPS) is 10.5. The molecule has 0 saturated heterocycles. The highest BCUT2D eigenvalue weighted by molar-refractivity contribution is 9.10. The molecule has 0 bridgehead atoms. The first-order valence-corrected chi connectivity index (χ1v) is 7.30. The predicted octanol–water partition coefficient (Wildman–Crippen LogP) is 2.85. The van der Waals surface area contributed by atoms with Gasteiger partial charge in [0.05, 0.1) is 6.21 Å². The highest BCUT2D eigenvalue weighted by Crippen LogP contribution is 2.13. The number of carbonyl (C=O) groups is 2. The molecular formula is C16H14BrN3O2. The number of nitrogens with zero attached hydrogens (tertiary/aromatic N) is 1. The number of benzene rings is 2. The van der Waals surface area contributed by atoms with Crippen LogP contribution in [0.15, 0.2) is 58.1 Å². The van der Waals surface area contributed by atoms with Crippen molar-refractivity contribution < 1.29 is 9.59 Å². The maximum atomic E-state index is 11.7. The number of rotatable bonds is 3. The van der Waals surface area contributed by atoms with Crippen LogP contribution >= 0.6 is 15.9 Å². The van der Waals surface area contributed by atoms with Gasteiger partial charge in [0.25, 0.3) is 0 Å². The fraction of sp³-hybridized carbons (Fsp3) is 0.0625. The van der Waals surface area contributed by atoms with Crippen LogP contribution in [0, 0.1) is 6.92 Å². The molecule has 0 aromatic heterocycles. The van der Waals surface area contributed by atoms with Gasteiger partial charge in [0, 0.05) is 10.2 Å². The van der Waals surface area contributed by atoms with E-state index in [1.54, 1.807) is 24.3 Å². The third-order valence-corrected chi connectivity index (χ3v) is 3.29. The largest absolute Gasteiger partial charge is 0.329 e. The lowest BCUT2D eigenvalue weighted by Gasteiger charge is -2.03. The maximum absolute atomic E-state index is 11.7. The van der Waals surface area contributed by atoms with Crippen LogP contribution in [0.1, 0.15) is 11.1 Å². The van der Waals surface area contributed by atoms with Crippen molar-refractivity contribution in [2.75, 3.05) is 5.32 Å². The lowest BCUT2D eigenvalue weighted by atomic mass is 10.2. The van der Waals surface area contributed by atoms with E-state index in [2.05, 4.69) is 31.8 Å². The average Bonchev–Trinajstić information content (AvgIpc) is 2.51. The summed E-state index contributed by atoms with van der Waals surface area (Å²) in [6.45, 7) is 1.98. The smallest absolute Gasteiger partial charge is 0.318 e. The van der Waals surface area contributed by atoms with Gasteiger partial charge in [0.2, 0.25) is 0 Å². The van der Waals surface area contributed by atoms with E-state index in [1.165, 1.54) is 6.21 Å². The summed E-state index contributed by atoms with van der Waals surface area (Å²) in [7, 11) is 0. The summed E-state index contributed by atoms with van der Waals surface area (Å²) in [5, 5.41) is 6.23. The van der Waals surface area contributed by atoms with E-state index < -0.39 is 11.8 Å². The Bertz CT molecular complexity index is 694. The minimum Gasteiger partial charge on any atom is -0.318 e. The van der Waals surface area contributed by atoms with Crippen LogP contribution < -0.4 is 10.7 Å². The zero-order valence-corrected chi connectivity index (χ0v) is 13.4. The van der Waals surface area contributed by atoms with E-state index in [-0.39, 0.29) is 0 Å². The molecule has 2 aromatic carbocycles. The summed E-state index contributed by atoms with van der Waals surface area (Å²) in [5.41, 5.74) is 4.69. The Labute approximate surface area is 136 Å². The van der Waals surface area contributed by atoms with Gasteiger partial charge in [-0.1, -0.05) is 45.8 Å². The number of hydrazone groups is 1. The Morgan fingerprint density at radius 3 is 2.27 bits per heavy atom. The van der Waals surface area contributed by atoms with Gasteiger partial charge in [0.1, 0.15) is 0 Å². The molecule has 0 unspecified atom stereocenters. The van der Waals surface area contributed by atoms with Crippen molar-refractivity contribution in [1.29, 1.82) is 0 Å². The van der Waals surface area contributed by atoms with Crippen LogP contribution in [0.25, 0.3) is 0 Å². The summed E-state index contributed by atoms with van der Waals surface area (Å²) >= 11 is 3.29. The quantitative estimate of drug-likeness (QED) is 0.502. The molecule has 0 fully saturated rings. The number of carbonyl (C=O) groups excluding carboxylic acids is 2. The molecule has 0 aliphatic rings. The van der Waals surface area contributed by atoms with E-state index in [9.17, 15) is 9.59 Å². The fourth-order valence-corrected chi connectivity index (χ4v) is 1.85. The SMILES string of the molecule is Cc1ccc(C=NNC(=O)C(=O)Nc2ccc(Br)cc2)cc1. The van der Waals surface area contributed by atoms with Crippen molar-refractivity contribution in [3.05, 3.63) is 64.1 Å². The summed E-state index contributed by atoms with van der Waals surface area (Å²) in [6.07, 6.45) is 1.48. The Morgan fingerprint density at radius 2 is 1.64 bits per heavy atom. The highest BCUT2D eigenvalue weighted by Gasteiger charge is 2.12. The van der Waals surface area contributed by atoms with E-state index in [0.717, 1.165) is 15.6 Å². The second kappa shape index (κ2) is 7.51. The average molecular weight is 360 g/mol. The van der Waals surface area contributed by atoms with Crippen molar-refractivity contribution in [3.8, 4) is 0 Å². The number of amides is 2. The van der Waals surface area contributed by atoms with Gasteiger partial charge in [-0.2, -0.15) is 5.10 Å². The predicted molar refractivity (Wildman–Crippen MR) is 89.7 cm³/mol. The minimum atomic E-state index is -0.828. The van der Waals surface area contributed by atoms with Gasteiger partial charge < -0.3 is 5.32 Å². The molecule has 0 heterocycles. The standard InChI is InChI=1S/C16H14BrN3O2/c1-11-2-4-12(5-3-11)10-18-20-16(22)15(21)19-14-8-6-13(17)7-9-14/h2-10H,1H3,(H,19,21)(H,20,22). The maximum Gasteiger partial charge on any atom is 0.329 e. The Morgan fingerprint density at radius 1 is 1.00 bits per heavy atom. The zero-order valence-electron chi connectivity index (χ0n) is 11.8. The lowest BCUT2D eigenvalue weighted by Crippen LogP contribution is -2.32. The Balaban J connectivity index is 1.87. The van der Waals surface area contributed by atoms with Gasteiger partial charge in [0.15, 0.2) is 0 Å². The van der Waals surface area contributed by atoms with Crippen LogP contribution in [0.2, 0.25) is 0 Å². The molecule has 0 aliphatic heterocycles. The fourth-order valence-electron chi connectivity index (χ4n) is 1.59. The topological polar surface area (TPSA) is 70.6 Å². The van der Waals surface area contributed by atoms with Crippen molar-refractivity contribution in [2.45, 2.75) is 6.92 Å². The van der Waals surface area contributed by atoms with Gasteiger partial charge in [-0.15, -0.1) is 0 Å². The lowest BCUT2D eigenvalue weighted by molar-refractivity contribution is -0.136. The van der Waals surface area contributed by atoms with Crippen molar-refractivity contribution in [1.82, 2.24) is 5.43 Å². The van der Waals surface area contributed by atoms with Gasteiger partial charge in [-0.3, -0.25) is 9.59 Å². The van der Waals surface area contributed by atoms with Crippen molar-refractivity contribution in [2.24, 2.45) is 5.10 Å². The Hall–Kier alpha value is -2.47.